The molecule has 0 saturated heterocycles. The molecule has 18 heavy (non-hydrogen) atoms. The first-order valence-corrected chi connectivity index (χ1v) is 6.40. The lowest BCUT2D eigenvalue weighted by atomic mass is 10.3. The van der Waals surface area contributed by atoms with Gasteiger partial charge in [-0.25, -0.2) is 9.97 Å². The van der Waals surface area contributed by atoms with Gasteiger partial charge in [0, 0.05) is 36.2 Å². The molecule has 0 aliphatic heterocycles. The number of nitrogens with one attached hydrogen (secondary N) is 1. The lowest BCUT2D eigenvalue weighted by Gasteiger charge is -2.05. The van der Waals surface area contributed by atoms with E-state index >= 15 is 0 Å². The van der Waals surface area contributed by atoms with Gasteiger partial charge in [-0.2, -0.15) is 0 Å². The number of imidazole rings is 1. The van der Waals surface area contributed by atoms with Gasteiger partial charge in [-0.3, -0.25) is 4.79 Å². The highest BCUT2D eigenvalue weighted by Crippen LogP contribution is 2.07. The van der Waals surface area contributed by atoms with Gasteiger partial charge in [0.15, 0.2) is 0 Å². The Morgan fingerprint density at radius 2 is 2.33 bits per heavy atom. The van der Waals surface area contributed by atoms with Crippen LogP contribution in [0, 0.1) is 0 Å². The Kier molecular flexibility index (Phi) is 4.46. The quantitative estimate of drug-likeness (QED) is 0.858. The highest BCUT2D eigenvalue weighted by atomic mass is 79.9. The Morgan fingerprint density at radius 3 is 3.00 bits per heavy atom. The van der Waals surface area contributed by atoms with E-state index in [1.165, 1.54) is 0 Å². The fraction of sp³-hybridized carbons (Fsp3) is 0.250. The van der Waals surface area contributed by atoms with Crippen molar-refractivity contribution in [3.8, 4) is 0 Å². The molecule has 0 bridgehead atoms. The molecular weight excluding hydrogens is 296 g/mol. The molecule has 2 aromatic heterocycles. The number of hydrogen-bond donors (Lipinski definition) is 1. The van der Waals surface area contributed by atoms with Crippen LogP contribution in [0.5, 0.6) is 0 Å². The van der Waals surface area contributed by atoms with E-state index in [2.05, 4.69) is 31.2 Å². The van der Waals surface area contributed by atoms with Crippen LogP contribution in [0.1, 0.15) is 16.9 Å². The van der Waals surface area contributed by atoms with Crippen LogP contribution in [-0.4, -0.2) is 27.0 Å². The van der Waals surface area contributed by atoms with Crippen molar-refractivity contribution in [3.05, 3.63) is 47.2 Å². The van der Waals surface area contributed by atoms with E-state index in [1.807, 2.05) is 10.8 Å². The Bertz CT molecular complexity index is 495. The Labute approximate surface area is 113 Å². The molecular formula is C12H13BrN4O. The normalized spacial score (nSPS) is 10.3. The van der Waals surface area contributed by atoms with Crippen molar-refractivity contribution in [2.75, 3.05) is 6.54 Å². The summed E-state index contributed by atoms with van der Waals surface area (Å²) in [6, 6.07) is 3.49. The molecule has 2 heterocycles. The summed E-state index contributed by atoms with van der Waals surface area (Å²) >= 11 is 3.28. The molecule has 0 spiro atoms. The lowest BCUT2D eigenvalue weighted by Crippen LogP contribution is -2.25. The molecule has 0 aliphatic rings. The smallest absolute Gasteiger partial charge is 0.269 e. The first-order chi connectivity index (χ1) is 8.75. The topological polar surface area (TPSA) is 59.8 Å². The van der Waals surface area contributed by atoms with E-state index in [9.17, 15) is 4.79 Å². The van der Waals surface area contributed by atoms with Crippen LogP contribution in [0.15, 0.2) is 41.5 Å². The van der Waals surface area contributed by atoms with E-state index in [1.54, 1.807) is 30.9 Å². The van der Waals surface area contributed by atoms with Crippen molar-refractivity contribution in [1.82, 2.24) is 19.9 Å². The number of amides is 1. The van der Waals surface area contributed by atoms with E-state index in [-0.39, 0.29) is 5.91 Å². The summed E-state index contributed by atoms with van der Waals surface area (Å²) in [6.07, 6.45) is 7.87. The van der Waals surface area contributed by atoms with Crippen molar-refractivity contribution < 1.29 is 4.79 Å². The van der Waals surface area contributed by atoms with Gasteiger partial charge in [0.1, 0.15) is 5.69 Å². The van der Waals surface area contributed by atoms with Gasteiger partial charge in [0.05, 0.1) is 6.33 Å². The number of aromatic nitrogens is 3. The molecule has 6 heteroatoms. The molecule has 1 amide bonds. The molecule has 0 fully saturated rings. The maximum Gasteiger partial charge on any atom is 0.269 e. The third-order valence-corrected chi connectivity index (χ3v) is 2.87. The van der Waals surface area contributed by atoms with Crippen LogP contribution in [-0.2, 0) is 6.54 Å². The predicted molar refractivity (Wildman–Crippen MR) is 71.1 cm³/mol. The van der Waals surface area contributed by atoms with Crippen LogP contribution in [0.4, 0.5) is 0 Å². The molecule has 0 aromatic carbocycles. The zero-order valence-electron chi connectivity index (χ0n) is 9.71. The van der Waals surface area contributed by atoms with Crippen molar-refractivity contribution in [2.45, 2.75) is 13.0 Å². The summed E-state index contributed by atoms with van der Waals surface area (Å²) in [5.41, 5.74) is 0.431. The summed E-state index contributed by atoms with van der Waals surface area (Å²) in [7, 11) is 0. The zero-order chi connectivity index (χ0) is 12.8. The summed E-state index contributed by atoms with van der Waals surface area (Å²) in [4.78, 5) is 19.7. The minimum absolute atomic E-state index is 0.145. The maximum atomic E-state index is 11.7. The number of carbonyl (C=O) groups is 1. The van der Waals surface area contributed by atoms with Crippen molar-refractivity contribution in [2.24, 2.45) is 0 Å². The third-order valence-electron chi connectivity index (χ3n) is 2.40. The fourth-order valence-electron chi connectivity index (χ4n) is 1.48. The van der Waals surface area contributed by atoms with E-state index in [4.69, 9.17) is 0 Å². The monoisotopic (exact) mass is 308 g/mol. The highest BCUT2D eigenvalue weighted by Gasteiger charge is 2.05. The Balaban J connectivity index is 1.73. The number of aryl methyl sites for hydroxylation is 1. The molecule has 0 saturated carbocycles. The van der Waals surface area contributed by atoms with Crippen LogP contribution in [0.25, 0.3) is 0 Å². The summed E-state index contributed by atoms with van der Waals surface area (Å²) < 4.78 is 2.84. The number of nitrogens with zero attached hydrogens (tertiary/aromatic N) is 3. The number of carbonyl (C=O) groups excluding carboxylic acids is 1. The van der Waals surface area contributed by atoms with Crippen LogP contribution in [0.3, 0.4) is 0 Å². The molecule has 0 unspecified atom stereocenters. The SMILES string of the molecule is O=C(NCCCn1ccnc1)c1ccc(Br)cn1. The highest BCUT2D eigenvalue weighted by molar-refractivity contribution is 9.10. The summed E-state index contributed by atoms with van der Waals surface area (Å²) in [6.45, 7) is 1.46. The number of rotatable bonds is 5. The first-order valence-electron chi connectivity index (χ1n) is 5.61. The molecule has 94 valence electrons. The van der Waals surface area contributed by atoms with E-state index < -0.39 is 0 Å². The average Bonchev–Trinajstić information content (AvgIpc) is 2.88. The fourth-order valence-corrected chi connectivity index (χ4v) is 1.72. The third kappa shape index (κ3) is 3.66. The average molecular weight is 309 g/mol. The van der Waals surface area contributed by atoms with Gasteiger partial charge in [0.25, 0.3) is 5.91 Å². The maximum absolute atomic E-state index is 11.7. The van der Waals surface area contributed by atoms with Crippen LogP contribution >= 0.6 is 15.9 Å². The standard InChI is InChI=1S/C12H13BrN4O/c13-10-2-3-11(16-8-10)12(18)15-4-1-6-17-7-5-14-9-17/h2-3,5,7-9H,1,4,6H2,(H,15,18). The van der Waals surface area contributed by atoms with Crippen molar-refractivity contribution >= 4 is 21.8 Å². The van der Waals surface area contributed by atoms with Gasteiger partial charge in [-0.1, -0.05) is 0 Å². The van der Waals surface area contributed by atoms with E-state index in [0.717, 1.165) is 17.4 Å². The van der Waals surface area contributed by atoms with Crippen LogP contribution in [0.2, 0.25) is 0 Å². The molecule has 0 atom stereocenters. The van der Waals surface area contributed by atoms with Gasteiger partial charge in [-0.05, 0) is 34.5 Å². The van der Waals surface area contributed by atoms with Crippen molar-refractivity contribution in [3.63, 3.8) is 0 Å². The number of halogens is 1. The Hall–Kier alpha value is -1.69. The number of hydrogen-bond acceptors (Lipinski definition) is 3. The molecule has 5 nitrogen and oxygen atoms in total. The van der Waals surface area contributed by atoms with Gasteiger partial charge < -0.3 is 9.88 Å². The summed E-state index contributed by atoms with van der Waals surface area (Å²) in [5, 5.41) is 2.83. The molecule has 2 rings (SSSR count). The molecule has 0 radical (unpaired) electrons. The first kappa shape index (κ1) is 12.8. The second kappa shape index (κ2) is 6.30. The Morgan fingerprint density at radius 1 is 1.44 bits per heavy atom. The summed E-state index contributed by atoms with van der Waals surface area (Å²) in [5.74, 6) is -0.145. The second-order valence-corrected chi connectivity index (χ2v) is 4.69. The lowest BCUT2D eigenvalue weighted by molar-refractivity contribution is 0.0948. The van der Waals surface area contributed by atoms with Crippen molar-refractivity contribution in [1.29, 1.82) is 0 Å². The van der Waals surface area contributed by atoms with Gasteiger partial charge >= 0.3 is 0 Å². The second-order valence-electron chi connectivity index (χ2n) is 3.77. The molecule has 1 N–H and O–H groups in total. The van der Waals surface area contributed by atoms with Gasteiger partial charge in [0.2, 0.25) is 0 Å². The van der Waals surface area contributed by atoms with Crippen LogP contribution < -0.4 is 5.32 Å². The molecule has 0 aliphatic carbocycles. The number of pyridine rings is 1. The predicted octanol–water partition coefficient (Wildman–Crippen LogP) is 1.86. The largest absolute Gasteiger partial charge is 0.351 e. The minimum Gasteiger partial charge on any atom is -0.351 e. The zero-order valence-corrected chi connectivity index (χ0v) is 11.3. The van der Waals surface area contributed by atoms with E-state index in [0.29, 0.717) is 12.2 Å². The minimum atomic E-state index is -0.145. The molecule has 2 aromatic rings. The van der Waals surface area contributed by atoms with Gasteiger partial charge in [-0.15, -0.1) is 0 Å².